The zero-order valence-electron chi connectivity index (χ0n) is 12.0. The topological polar surface area (TPSA) is 92.9 Å². The molecule has 7 heteroatoms. The van der Waals surface area contributed by atoms with Crippen molar-refractivity contribution in [3.8, 4) is 0 Å². The third-order valence-corrected chi connectivity index (χ3v) is 5.44. The van der Waals surface area contributed by atoms with Crippen molar-refractivity contribution >= 4 is 21.4 Å². The molecule has 2 atom stereocenters. The largest absolute Gasteiger partial charge is 0.386 e. The number of rotatable bonds is 6. The van der Waals surface area contributed by atoms with Gasteiger partial charge in [0.15, 0.2) is 9.84 Å². The number of aliphatic hydroxyl groups is 1. The molecule has 0 radical (unpaired) electrons. The van der Waals surface area contributed by atoms with Crippen LogP contribution in [0.2, 0.25) is 5.02 Å². The van der Waals surface area contributed by atoms with E-state index in [4.69, 9.17) is 22.1 Å². The van der Waals surface area contributed by atoms with E-state index in [1.165, 1.54) is 12.1 Å². The molecule has 2 rings (SSSR count). The summed E-state index contributed by atoms with van der Waals surface area (Å²) in [5.41, 5.74) is 5.14. The van der Waals surface area contributed by atoms with Gasteiger partial charge in [0, 0.05) is 11.1 Å². The minimum Gasteiger partial charge on any atom is -0.386 e. The average molecular weight is 334 g/mol. The SMILES string of the molecule is CC(C)(O)c1cc(Cl)cc(S(=O)(=O)CCC(N)C2CO2)c1. The lowest BCUT2D eigenvalue weighted by Crippen LogP contribution is -2.29. The third-order valence-electron chi connectivity index (χ3n) is 3.49. The second-order valence-corrected chi connectivity index (χ2v) is 8.42. The van der Waals surface area contributed by atoms with Gasteiger partial charge in [-0.15, -0.1) is 0 Å². The number of benzene rings is 1. The van der Waals surface area contributed by atoms with Crippen LogP contribution in [0.1, 0.15) is 25.8 Å². The molecule has 1 aromatic rings. The Balaban J connectivity index is 2.20. The maximum absolute atomic E-state index is 12.4. The van der Waals surface area contributed by atoms with Crippen molar-refractivity contribution < 1.29 is 18.3 Å². The number of sulfone groups is 1. The molecular formula is C14H20ClNO4S. The lowest BCUT2D eigenvalue weighted by Gasteiger charge is -2.19. The van der Waals surface area contributed by atoms with Gasteiger partial charge in [-0.05, 0) is 44.0 Å². The molecule has 1 aliphatic rings. The molecule has 0 aliphatic carbocycles. The molecule has 21 heavy (non-hydrogen) atoms. The Bertz CT molecular complexity index is 620. The Kier molecular flexibility index (Phi) is 4.66. The molecule has 118 valence electrons. The van der Waals surface area contributed by atoms with Gasteiger partial charge in [-0.1, -0.05) is 11.6 Å². The van der Waals surface area contributed by atoms with Crippen LogP contribution >= 0.6 is 11.6 Å². The minimum absolute atomic E-state index is 0.0218. The zero-order chi connectivity index (χ0) is 15.8. The molecule has 1 heterocycles. The Morgan fingerprint density at radius 1 is 1.48 bits per heavy atom. The Labute approximate surface area is 130 Å². The fourth-order valence-corrected chi connectivity index (χ4v) is 3.72. The number of hydrogen-bond donors (Lipinski definition) is 2. The summed E-state index contributed by atoms with van der Waals surface area (Å²) in [4.78, 5) is 0.107. The summed E-state index contributed by atoms with van der Waals surface area (Å²) < 4.78 is 29.8. The highest BCUT2D eigenvalue weighted by molar-refractivity contribution is 7.91. The molecule has 1 saturated heterocycles. The predicted molar refractivity (Wildman–Crippen MR) is 81.1 cm³/mol. The Hall–Kier alpha value is -0.660. The van der Waals surface area contributed by atoms with Crippen LogP contribution < -0.4 is 5.73 Å². The van der Waals surface area contributed by atoms with Crippen molar-refractivity contribution in [2.75, 3.05) is 12.4 Å². The Morgan fingerprint density at radius 2 is 2.10 bits per heavy atom. The average Bonchev–Trinajstić information content (AvgIpc) is 3.18. The maximum atomic E-state index is 12.4. The van der Waals surface area contributed by atoms with Crippen LogP contribution in [0.15, 0.2) is 23.1 Å². The van der Waals surface area contributed by atoms with Gasteiger partial charge in [0.25, 0.3) is 0 Å². The number of epoxide rings is 1. The van der Waals surface area contributed by atoms with E-state index in [1.54, 1.807) is 19.9 Å². The van der Waals surface area contributed by atoms with E-state index in [-0.39, 0.29) is 27.8 Å². The minimum atomic E-state index is -3.50. The van der Waals surface area contributed by atoms with E-state index in [2.05, 4.69) is 0 Å². The monoisotopic (exact) mass is 333 g/mol. The van der Waals surface area contributed by atoms with Crippen molar-refractivity contribution in [2.24, 2.45) is 5.73 Å². The van der Waals surface area contributed by atoms with Crippen molar-refractivity contribution in [1.82, 2.24) is 0 Å². The first-order valence-corrected chi connectivity index (χ1v) is 8.76. The van der Waals surface area contributed by atoms with Gasteiger partial charge < -0.3 is 15.6 Å². The van der Waals surface area contributed by atoms with Crippen LogP contribution in [-0.2, 0) is 20.2 Å². The van der Waals surface area contributed by atoms with E-state index < -0.39 is 15.4 Å². The van der Waals surface area contributed by atoms with Gasteiger partial charge in [0.1, 0.15) is 0 Å². The molecule has 0 spiro atoms. The van der Waals surface area contributed by atoms with E-state index in [9.17, 15) is 13.5 Å². The normalized spacial score (nSPS) is 20.3. The van der Waals surface area contributed by atoms with Crippen molar-refractivity contribution in [3.63, 3.8) is 0 Å². The molecule has 0 bridgehead atoms. The van der Waals surface area contributed by atoms with Crippen LogP contribution in [0.5, 0.6) is 0 Å². The van der Waals surface area contributed by atoms with Gasteiger partial charge >= 0.3 is 0 Å². The van der Waals surface area contributed by atoms with Gasteiger partial charge in [-0.25, -0.2) is 8.42 Å². The van der Waals surface area contributed by atoms with Crippen LogP contribution in [0.3, 0.4) is 0 Å². The van der Waals surface area contributed by atoms with Gasteiger partial charge in [0.2, 0.25) is 0 Å². The summed E-state index contributed by atoms with van der Waals surface area (Å²) in [7, 11) is -3.50. The van der Waals surface area contributed by atoms with E-state index >= 15 is 0 Å². The smallest absolute Gasteiger partial charge is 0.178 e. The maximum Gasteiger partial charge on any atom is 0.178 e. The molecule has 1 fully saturated rings. The summed E-state index contributed by atoms with van der Waals surface area (Å²) in [5.74, 6) is -0.0698. The number of ether oxygens (including phenoxy) is 1. The molecule has 0 amide bonds. The highest BCUT2D eigenvalue weighted by Gasteiger charge is 2.31. The Morgan fingerprint density at radius 3 is 2.62 bits per heavy atom. The van der Waals surface area contributed by atoms with Crippen LogP contribution in [0, 0.1) is 0 Å². The fraction of sp³-hybridized carbons (Fsp3) is 0.571. The highest BCUT2D eigenvalue weighted by atomic mass is 35.5. The first-order valence-electron chi connectivity index (χ1n) is 6.73. The molecular weight excluding hydrogens is 314 g/mol. The first-order chi connectivity index (χ1) is 9.59. The van der Waals surface area contributed by atoms with E-state index in [0.29, 0.717) is 18.6 Å². The van der Waals surface area contributed by atoms with Crippen LogP contribution in [-0.4, -0.2) is 38.0 Å². The molecule has 3 N–H and O–H groups in total. The standard InChI is InChI=1S/C14H20ClNO4S/c1-14(2,17)9-5-10(15)7-11(6-9)21(18,19)4-3-12(16)13-8-20-13/h5-7,12-13,17H,3-4,8,16H2,1-2H3. The molecule has 1 aromatic carbocycles. The van der Waals surface area contributed by atoms with E-state index in [0.717, 1.165) is 0 Å². The third kappa shape index (κ3) is 4.40. The second kappa shape index (κ2) is 5.85. The molecule has 5 nitrogen and oxygen atoms in total. The summed E-state index contributed by atoms with van der Waals surface area (Å²) in [6, 6.07) is 4.14. The molecule has 2 unspecified atom stereocenters. The van der Waals surface area contributed by atoms with Crippen molar-refractivity contribution in [3.05, 3.63) is 28.8 Å². The van der Waals surface area contributed by atoms with E-state index in [1.807, 2.05) is 0 Å². The number of nitrogens with two attached hydrogens (primary N) is 1. The fourth-order valence-electron chi connectivity index (χ4n) is 1.99. The van der Waals surface area contributed by atoms with Crippen LogP contribution in [0.25, 0.3) is 0 Å². The first kappa shape index (κ1) is 16.7. The number of halogens is 1. The second-order valence-electron chi connectivity index (χ2n) is 5.88. The van der Waals surface area contributed by atoms with Crippen molar-refractivity contribution in [1.29, 1.82) is 0 Å². The number of hydrogen-bond acceptors (Lipinski definition) is 5. The molecule has 1 aliphatic heterocycles. The summed E-state index contributed by atoms with van der Waals surface area (Å²) >= 11 is 5.97. The summed E-state index contributed by atoms with van der Waals surface area (Å²) in [5, 5.41) is 10.3. The lowest BCUT2D eigenvalue weighted by atomic mass is 9.99. The van der Waals surface area contributed by atoms with Gasteiger partial charge in [-0.3, -0.25) is 0 Å². The van der Waals surface area contributed by atoms with Gasteiger partial charge in [-0.2, -0.15) is 0 Å². The van der Waals surface area contributed by atoms with Crippen LogP contribution in [0.4, 0.5) is 0 Å². The summed E-state index contributed by atoms with van der Waals surface area (Å²) in [6.45, 7) is 3.76. The zero-order valence-corrected chi connectivity index (χ0v) is 13.6. The molecule has 0 aromatic heterocycles. The quantitative estimate of drug-likeness (QED) is 0.769. The lowest BCUT2D eigenvalue weighted by molar-refractivity contribution is 0.0784. The van der Waals surface area contributed by atoms with Gasteiger partial charge in [0.05, 0.1) is 29.0 Å². The van der Waals surface area contributed by atoms with Crippen molar-refractivity contribution in [2.45, 2.75) is 42.9 Å². The predicted octanol–water partition coefficient (Wildman–Crippen LogP) is 1.46. The highest BCUT2D eigenvalue weighted by Crippen LogP contribution is 2.28. The molecule has 0 saturated carbocycles. The summed E-state index contributed by atoms with van der Waals surface area (Å²) in [6.07, 6.45) is 0.309.